The number of fused-ring (bicyclic) bond motifs is 2. The first-order valence-corrected chi connectivity index (χ1v) is 10.1. The molecular weight excluding hydrogens is 364 g/mol. The molecule has 6 heteroatoms. The highest BCUT2D eigenvalue weighted by atomic mass is 16.5. The summed E-state index contributed by atoms with van der Waals surface area (Å²) in [6.07, 6.45) is 4.49. The van der Waals surface area contributed by atoms with Gasteiger partial charge in [0, 0.05) is 36.6 Å². The van der Waals surface area contributed by atoms with Gasteiger partial charge < -0.3 is 19.2 Å². The second kappa shape index (κ2) is 7.28. The molecule has 0 unspecified atom stereocenters. The van der Waals surface area contributed by atoms with Crippen LogP contribution in [-0.4, -0.2) is 39.0 Å². The first kappa shape index (κ1) is 17.8. The first-order valence-electron chi connectivity index (χ1n) is 10.1. The fourth-order valence-corrected chi connectivity index (χ4v) is 4.34. The number of carbonyl (C=O) groups excluding carboxylic acids is 1. The number of benzene rings is 2. The summed E-state index contributed by atoms with van der Waals surface area (Å²) in [5, 5.41) is 1.12. The number of likely N-dealkylation sites (tertiary alicyclic amines) is 1. The van der Waals surface area contributed by atoms with Gasteiger partial charge in [0.05, 0.1) is 24.2 Å². The van der Waals surface area contributed by atoms with E-state index in [2.05, 4.69) is 15.6 Å². The van der Waals surface area contributed by atoms with Gasteiger partial charge in [-0.2, -0.15) is 0 Å². The maximum Gasteiger partial charge on any atom is 0.224 e. The number of nitrogens with one attached hydrogen (secondary N) is 1. The van der Waals surface area contributed by atoms with E-state index in [1.165, 1.54) is 0 Å². The van der Waals surface area contributed by atoms with Gasteiger partial charge in [0.25, 0.3) is 0 Å². The van der Waals surface area contributed by atoms with Gasteiger partial charge in [-0.15, -0.1) is 0 Å². The van der Waals surface area contributed by atoms with Crippen molar-refractivity contribution in [3.8, 4) is 5.75 Å². The summed E-state index contributed by atoms with van der Waals surface area (Å²) in [4.78, 5) is 23.2. The Bertz CT molecular complexity index is 1140. The number of imidazole rings is 1. The van der Waals surface area contributed by atoms with E-state index in [0.29, 0.717) is 13.0 Å². The third-order valence-corrected chi connectivity index (χ3v) is 5.84. The number of ether oxygens (including phenoxy) is 1. The van der Waals surface area contributed by atoms with Gasteiger partial charge in [-0.25, -0.2) is 4.98 Å². The summed E-state index contributed by atoms with van der Waals surface area (Å²) in [7, 11) is 1.67. The third-order valence-electron chi connectivity index (χ3n) is 5.84. The number of hydrogen-bond acceptors (Lipinski definition) is 3. The number of methoxy groups -OCH3 is 1. The Morgan fingerprint density at radius 2 is 2.14 bits per heavy atom. The molecule has 1 atom stereocenters. The Balaban J connectivity index is 1.31. The predicted octanol–water partition coefficient (Wildman–Crippen LogP) is 4.28. The Labute approximate surface area is 169 Å². The van der Waals surface area contributed by atoms with E-state index in [1.54, 1.807) is 7.11 Å². The summed E-state index contributed by atoms with van der Waals surface area (Å²) in [5.74, 6) is 1.93. The summed E-state index contributed by atoms with van der Waals surface area (Å²) < 4.78 is 7.43. The van der Waals surface area contributed by atoms with Crippen LogP contribution in [0.1, 0.15) is 31.1 Å². The highest BCUT2D eigenvalue weighted by molar-refractivity contribution is 5.82. The van der Waals surface area contributed by atoms with Crippen LogP contribution in [0.4, 0.5) is 0 Å². The fourth-order valence-electron chi connectivity index (χ4n) is 4.34. The lowest BCUT2D eigenvalue weighted by molar-refractivity contribution is -0.132. The Kier molecular flexibility index (Phi) is 4.46. The summed E-state index contributed by atoms with van der Waals surface area (Å²) in [6, 6.07) is 16.1. The number of aromatic amines is 1. The maximum absolute atomic E-state index is 13.0. The van der Waals surface area contributed by atoms with Crippen LogP contribution in [0.3, 0.4) is 0 Å². The smallest absolute Gasteiger partial charge is 0.224 e. The number of aromatic nitrogens is 3. The van der Waals surface area contributed by atoms with Gasteiger partial charge in [0.2, 0.25) is 5.91 Å². The zero-order valence-electron chi connectivity index (χ0n) is 16.5. The van der Waals surface area contributed by atoms with Crippen molar-refractivity contribution >= 4 is 27.8 Å². The second-order valence-corrected chi connectivity index (χ2v) is 7.57. The van der Waals surface area contributed by atoms with Crippen molar-refractivity contribution in [2.24, 2.45) is 0 Å². The minimum absolute atomic E-state index is 0.0422. The Hall–Kier alpha value is -3.28. The molecule has 3 heterocycles. The van der Waals surface area contributed by atoms with Crippen LogP contribution in [0.5, 0.6) is 5.75 Å². The van der Waals surface area contributed by atoms with Crippen LogP contribution in [0.25, 0.3) is 21.9 Å². The SMILES string of the molecule is COc1ccc2c(ccn2CCC(=O)N2CCC[C@H]2c2nc3ccccc3[nH]2)c1. The number of H-pyrrole nitrogens is 1. The average molecular weight is 388 g/mol. The quantitative estimate of drug-likeness (QED) is 0.555. The van der Waals surface area contributed by atoms with E-state index in [0.717, 1.165) is 52.9 Å². The summed E-state index contributed by atoms with van der Waals surface area (Å²) >= 11 is 0. The van der Waals surface area contributed by atoms with Crippen molar-refractivity contribution in [1.29, 1.82) is 0 Å². The predicted molar refractivity (Wildman–Crippen MR) is 113 cm³/mol. The molecule has 0 spiro atoms. The van der Waals surface area contributed by atoms with Gasteiger partial charge in [-0.05, 0) is 49.2 Å². The number of nitrogens with zero attached hydrogens (tertiary/aromatic N) is 3. The lowest BCUT2D eigenvalue weighted by atomic mass is 10.2. The van der Waals surface area contributed by atoms with E-state index in [4.69, 9.17) is 9.72 Å². The molecule has 0 aliphatic carbocycles. The molecule has 1 N–H and O–H groups in total. The van der Waals surface area contributed by atoms with Gasteiger partial charge in [0.15, 0.2) is 0 Å². The molecule has 2 aromatic heterocycles. The van der Waals surface area contributed by atoms with Crippen molar-refractivity contribution in [2.75, 3.05) is 13.7 Å². The third kappa shape index (κ3) is 3.24. The van der Waals surface area contributed by atoms with Gasteiger partial charge in [0.1, 0.15) is 11.6 Å². The van der Waals surface area contributed by atoms with Crippen molar-refractivity contribution in [1.82, 2.24) is 19.4 Å². The van der Waals surface area contributed by atoms with Crippen LogP contribution in [0.2, 0.25) is 0 Å². The van der Waals surface area contributed by atoms with Crippen molar-refractivity contribution in [3.05, 3.63) is 60.6 Å². The van der Waals surface area contributed by atoms with E-state index < -0.39 is 0 Å². The molecule has 0 saturated carbocycles. The van der Waals surface area contributed by atoms with Crippen LogP contribution in [-0.2, 0) is 11.3 Å². The molecule has 0 bridgehead atoms. The maximum atomic E-state index is 13.0. The van der Waals surface area contributed by atoms with Crippen molar-refractivity contribution < 1.29 is 9.53 Å². The molecule has 1 saturated heterocycles. The zero-order chi connectivity index (χ0) is 19.8. The second-order valence-electron chi connectivity index (χ2n) is 7.57. The largest absolute Gasteiger partial charge is 0.497 e. The van der Waals surface area contributed by atoms with Crippen molar-refractivity contribution in [2.45, 2.75) is 31.8 Å². The van der Waals surface area contributed by atoms with Crippen LogP contribution < -0.4 is 4.74 Å². The molecule has 1 amide bonds. The van der Waals surface area contributed by atoms with E-state index in [9.17, 15) is 4.79 Å². The zero-order valence-corrected chi connectivity index (χ0v) is 16.5. The minimum atomic E-state index is 0.0422. The highest BCUT2D eigenvalue weighted by Crippen LogP contribution is 2.32. The van der Waals surface area contributed by atoms with Gasteiger partial charge in [-0.3, -0.25) is 4.79 Å². The van der Waals surface area contributed by atoms with Crippen LogP contribution in [0, 0.1) is 0 Å². The number of rotatable bonds is 5. The highest BCUT2D eigenvalue weighted by Gasteiger charge is 2.31. The van der Waals surface area contributed by atoms with Crippen LogP contribution >= 0.6 is 0 Å². The molecule has 5 rings (SSSR count). The van der Waals surface area contributed by atoms with Gasteiger partial charge >= 0.3 is 0 Å². The topological polar surface area (TPSA) is 63.1 Å². The molecule has 1 aliphatic heterocycles. The number of aryl methyl sites for hydroxylation is 1. The molecule has 2 aromatic carbocycles. The van der Waals surface area contributed by atoms with Crippen molar-refractivity contribution in [3.63, 3.8) is 0 Å². The minimum Gasteiger partial charge on any atom is -0.497 e. The number of carbonyl (C=O) groups is 1. The fraction of sp³-hybridized carbons (Fsp3) is 0.304. The number of para-hydroxylation sites is 2. The summed E-state index contributed by atoms with van der Waals surface area (Å²) in [6.45, 7) is 1.46. The average Bonchev–Trinajstić information content (AvgIpc) is 3.48. The number of amides is 1. The van der Waals surface area contributed by atoms with E-state index in [1.807, 2.05) is 53.6 Å². The first-order chi connectivity index (χ1) is 14.2. The molecule has 0 radical (unpaired) electrons. The monoisotopic (exact) mass is 388 g/mol. The molecular formula is C23H24N4O2. The van der Waals surface area contributed by atoms with Gasteiger partial charge in [-0.1, -0.05) is 12.1 Å². The molecule has 6 nitrogen and oxygen atoms in total. The lowest BCUT2D eigenvalue weighted by Crippen LogP contribution is -2.31. The molecule has 4 aromatic rings. The summed E-state index contributed by atoms with van der Waals surface area (Å²) in [5.41, 5.74) is 3.10. The molecule has 1 fully saturated rings. The normalized spacial score (nSPS) is 16.7. The Morgan fingerprint density at radius 1 is 1.24 bits per heavy atom. The number of hydrogen-bond donors (Lipinski definition) is 1. The molecule has 29 heavy (non-hydrogen) atoms. The van der Waals surface area contributed by atoms with E-state index in [-0.39, 0.29) is 11.9 Å². The Morgan fingerprint density at radius 3 is 3.00 bits per heavy atom. The lowest BCUT2D eigenvalue weighted by Gasteiger charge is -2.23. The van der Waals surface area contributed by atoms with E-state index >= 15 is 0 Å². The molecule has 1 aliphatic rings. The molecule has 148 valence electrons. The standard InChI is InChI=1S/C23H24N4O2/c1-29-17-8-9-20-16(15-17)10-13-26(20)14-11-22(28)27-12-4-7-21(27)23-24-18-5-2-3-6-19(18)25-23/h2-3,5-6,8-10,13,15,21H,4,7,11-12,14H2,1H3,(H,24,25)/t21-/m0/s1. The van der Waals surface area contributed by atoms with Crippen LogP contribution in [0.15, 0.2) is 54.7 Å².